The molecule has 0 radical (unpaired) electrons. The molecule has 1 unspecified atom stereocenters. The highest BCUT2D eigenvalue weighted by molar-refractivity contribution is 14.0. The molecule has 2 aromatic carbocycles. The predicted octanol–water partition coefficient (Wildman–Crippen LogP) is 2.66. The van der Waals surface area contributed by atoms with Crippen molar-refractivity contribution in [2.75, 3.05) is 40.3 Å². The second kappa shape index (κ2) is 11.5. The third-order valence-electron chi connectivity index (χ3n) is 5.04. The summed E-state index contributed by atoms with van der Waals surface area (Å²) in [6.07, 6.45) is 1.05. The van der Waals surface area contributed by atoms with Gasteiger partial charge in [0.15, 0.2) is 5.96 Å². The topological polar surface area (TPSA) is 83.0 Å². The van der Waals surface area contributed by atoms with Crippen LogP contribution < -0.4 is 14.8 Å². The molecule has 0 aromatic heterocycles. The van der Waals surface area contributed by atoms with Crippen molar-refractivity contribution in [1.29, 1.82) is 0 Å². The number of benzene rings is 2. The fourth-order valence-electron chi connectivity index (χ4n) is 3.48. The summed E-state index contributed by atoms with van der Waals surface area (Å²) in [6.45, 7) is 2.53. The highest BCUT2D eigenvalue weighted by atomic mass is 127. The predicted molar refractivity (Wildman–Crippen MR) is 130 cm³/mol. The molecule has 2 N–H and O–H groups in total. The monoisotopic (exact) mass is 544 g/mol. The summed E-state index contributed by atoms with van der Waals surface area (Å²) in [5.74, 6) is 2.09. The number of ether oxygens (including phenoxy) is 1. The van der Waals surface area contributed by atoms with Gasteiger partial charge in [0.2, 0.25) is 10.0 Å². The number of hydrogen-bond acceptors (Lipinski definition) is 4. The second-order valence-electron chi connectivity index (χ2n) is 6.89. The van der Waals surface area contributed by atoms with Crippen LogP contribution in [0.3, 0.4) is 0 Å². The van der Waals surface area contributed by atoms with Gasteiger partial charge in [-0.05, 0) is 36.2 Å². The zero-order valence-corrected chi connectivity index (χ0v) is 20.4. The van der Waals surface area contributed by atoms with Crippen LogP contribution in [-0.2, 0) is 10.0 Å². The van der Waals surface area contributed by atoms with Crippen molar-refractivity contribution >= 4 is 40.0 Å². The van der Waals surface area contributed by atoms with Crippen LogP contribution in [0.2, 0.25) is 0 Å². The van der Waals surface area contributed by atoms with Crippen LogP contribution in [0.5, 0.6) is 5.75 Å². The summed E-state index contributed by atoms with van der Waals surface area (Å²) in [4.78, 5) is 6.83. The number of guanidine groups is 1. The van der Waals surface area contributed by atoms with Gasteiger partial charge in [-0.2, -0.15) is 0 Å². The molecular formula is C21H29IN4O3S. The van der Waals surface area contributed by atoms with E-state index >= 15 is 0 Å². The summed E-state index contributed by atoms with van der Waals surface area (Å²) in [7, 11) is -0.0725. The zero-order valence-electron chi connectivity index (χ0n) is 17.2. The van der Waals surface area contributed by atoms with E-state index < -0.39 is 10.0 Å². The molecule has 2 aromatic rings. The first kappa shape index (κ1) is 24.4. The van der Waals surface area contributed by atoms with Crippen molar-refractivity contribution in [2.45, 2.75) is 17.2 Å². The van der Waals surface area contributed by atoms with Gasteiger partial charge in [-0.1, -0.05) is 30.3 Å². The molecule has 1 heterocycles. The van der Waals surface area contributed by atoms with Gasteiger partial charge in [-0.15, -0.1) is 24.0 Å². The van der Waals surface area contributed by atoms with Gasteiger partial charge in [0.05, 0.1) is 12.0 Å². The minimum Gasteiger partial charge on any atom is -0.497 e. The first-order chi connectivity index (χ1) is 14.0. The van der Waals surface area contributed by atoms with Gasteiger partial charge in [0.1, 0.15) is 5.75 Å². The van der Waals surface area contributed by atoms with E-state index in [9.17, 15) is 8.42 Å². The van der Waals surface area contributed by atoms with E-state index in [2.05, 4.69) is 32.1 Å². The molecule has 164 valence electrons. The number of aliphatic imine (C=N–C) groups is 1. The SMILES string of the molecule is CN=C(NCCNS(=O)(=O)c1ccccc1)N1CCC(c2ccc(OC)cc2)C1.I. The van der Waals surface area contributed by atoms with Gasteiger partial charge in [-0.25, -0.2) is 13.1 Å². The van der Waals surface area contributed by atoms with Crippen LogP contribution >= 0.6 is 24.0 Å². The average Bonchev–Trinajstić information content (AvgIpc) is 3.24. The second-order valence-corrected chi connectivity index (χ2v) is 8.66. The lowest BCUT2D eigenvalue weighted by molar-refractivity contribution is 0.414. The lowest BCUT2D eigenvalue weighted by Gasteiger charge is -2.22. The molecule has 1 atom stereocenters. The van der Waals surface area contributed by atoms with E-state index in [1.165, 1.54) is 5.56 Å². The Morgan fingerprint density at radius 1 is 1.13 bits per heavy atom. The molecule has 0 spiro atoms. The Bertz CT molecular complexity index is 921. The van der Waals surface area contributed by atoms with E-state index in [4.69, 9.17) is 4.74 Å². The van der Waals surface area contributed by atoms with Crippen molar-refractivity contribution < 1.29 is 13.2 Å². The Morgan fingerprint density at radius 3 is 2.47 bits per heavy atom. The van der Waals surface area contributed by atoms with Crippen molar-refractivity contribution in [2.24, 2.45) is 4.99 Å². The van der Waals surface area contributed by atoms with Crippen LogP contribution in [0.15, 0.2) is 64.5 Å². The smallest absolute Gasteiger partial charge is 0.240 e. The van der Waals surface area contributed by atoms with Crippen LogP contribution in [0, 0.1) is 0 Å². The minimum absolute atomic E-state index is 0. The maximum atomic E-state index is 12.3. The van der Waals surface area contributed by atoms with Gasteiger partial charge in [-0.3, -0.25) is 4.99 Å². The van der Waals surface area contributed by atoms with Crippen LogP contribution in [0.1, 0.15) is 17.9 Å². The number of sulfonamides is 1. The van der Waals surface area contributed by atoms with E-state index in [0.717, 1.165) is 31.2 Å². The molecule has 0 bridgehead atoms. The third-order valence-corrected chi connectivity index (χ3v) is 6.52. The number of rotatable bonds is 7. The van der Waals surface area contributed by atoms with Crippen molar-refractivity contribution in [1.82, 2.24) is 14.9 Å². The number of methoxy groups -OCH3 is 1. The molecule has 1 saturated heterocycles. The number of likely N-dealkylation sites (tertiary alicyclic amines) is 1. The Hall–Kier alpha value is -1.85. The highest BCUT2D eigenvalue weighted by Gasteiger charge is 2.26. The normalized spacial score (nSPS) is 16.8. The van der Waals surface area contributed by atoms with E-state index in [1.54, 1.807) is 44.5 Å². The fourth-order valence-corrected chi connectivity index (χ4v) is 4.53. The van der Waals surface area contributed by atoms with E-state index in [1.807, 2.05) is 12.1 Å². The van der Waals surface area contributed by atoms with Gasteiger partial charge < -0.3 is 15.0 Å². The molecule has 3 rings (SSSR count). The first-order valence-corrected chi connectivity index (χ1v) is 11.2. The molecule has 1 fully saturated rings. The average molecular weight is 544 g/mol. The maximum absolute atomic E-state index is 12.3. The van der Waals surface area contributed by atoms with E-state index in [0.29, 0.717) is 12.5 Å². The van der Waals surface area contributed by atoms with Gasteiger partial charge in [0, 0.05) is 39.1 Å². The molecule has 9 heteroatoms. The van der Waals surface area contributed by atoms with E-state index in [-0.39, 0.29) is 35.4 Å². The Balaban J connectivity index is 0.00000320. The molecule has 0 saturated carbocycles. The quantitative estimate of drug-likeness (QED) is 0.243. The molecule has 1 aliphatic heterocycles. The Labute approximate surface area is 196 Å². The lowest BCUT2D eigenvalue weighted by atomic mass is 9.98. The standard InChI is InChI=1S/C21H28N4O3S.HI/c1-22-21(23-13-14-24-29(26,27)20-6-4-3-5-7-20)25-15-12-18(16-25)17-8-10-19(28-2)11-9-17;/h3-11,18,24H,12-16H2,1-2H3,(H,22,23);1H. The van der Waals surface area contributed by atoms with Crippen LogP contribution in [0.25, 0.3) is 0 Å². The fraction of sp³-hybridized carbons (Fsp3) is 0.381. The zero-order chi connectivity index (χ0) is 20.7. The summed E-state index contributed by atoms with van der Waals surface area (Å²) in [5.41, 5.74) is 1.29. The number of halogens is 1. The van der Waals surface area contributed by atoms with Gasteiger partial charge in [0.25, 0.3) is 0 Å². The van der Waals surface area contributed by atoms with Crippen molar-refractivity contribution in [3.05, 3.63) is 60.2 Å². The minimum atomic E-state index is -3.49. The van der Waals surface area contributed by atoms with Crippen LogP contribution in [-0.4, -0.2) is 59.6 Å². The summed E-state index contributed by atoms with van der Waals surface area (Å²) < 4.78 is 32.4. The number of nitrogens with zero attached hydrogens (tertiary/aromatic N) is 2. The Morgan fingerprint density at radius 2 is 1.83 bits per heavy atom. The molecule has 0 aliphatic carbocycles. The van der Waals surface area contributed by atoms with Crippen LogP contribution in [0.4, 0.5) is 0 Å². The molecule has 30 heavy (non-hydrogen) atoms. The highest BCUT2D eigenvalue weighted by Crippen LogP contribution is 2.28. The molecule has 1 aliphatic rings. The summed E-state index contributed by atoms with van der Waals surface area (Å²) >= 11 is 0. The van der Waals surface area contributed by atoms with Crippen molar-refractivity contribution in [3.8, 4) is 5.75 Å². The molecule has 0 amide bonds. The number of nitrogens with one attached hydrogen (secondary N) is 2. The number of hydrogen-bond donors (Lipinski definition) is 2. The first-order valence-electron chi connectivity index (χ1n) is 9.68. The largest absolute Gasteiger partial charge is 0.497 e. The lowest BCUT2D eigenvalue weighted by Crippen LogP contribution is -2.43. The molecule has 7 nitrogen and oxygen atoms in total. The Kier molecular flexibility index (Phi) is 9.37. The third kappa shape index (κ3) is 6.32. The maximum Gasteiger partial charge on any atom is 0.240 e. The molecular weight excluding hydrogens is 515 g/mol. The van der Waals surface area contributed by atoms with Crippen molar-refractivity contribution in [3.63, 3.8) is 0 Å². The summed E-state index contributed by atoms with van der Waals surface area (Å²) in [5, 5.41) is 3.25. The van der Waals surface area contributed by atoms with Gasteiger partial charge >= 0.3 is 0 Å². The summed E-state index contributed by atoms with van der Waals surface area (Å²) in [6, 6.07) is 16.6.